The van der Waals surface area contributed by atoms with E-state index in [1.54, 1.807) is 0 Å². The van der Waals surface area contributed by atoms with E-state index in [9.17, 15) is 0 Å². The van der Waals surface area contributed by atoms with E-state index in [1.165, 1.54) is 5.56 Å². The van der Waals surface area contributed by atoms with Gasteiger partial charge in [-0.1, -0.05) is 0 Å². The van der Waals surface area contributed by atoms with Crippen LogP contribution in [0.15, 0.2) is 6.07 Å². The van der Waals surface area contributed by atoms with Crippen molar-refractivity contribution < 1.29 is 0 Å². The quantitative estimate of drug-likeness (QED) is 0.753. The van der Waals surface area contributed by atoms with Crippen molar-refractivity contribution in [1.29, 1.82) is 5.26 Å². The van der Waals surface area contributed by atoms with Crippen LogP contribution in [-0.4, -0.2) is 18.1 Å². The standard InChI is InChI=1S/C13H18N4/c14-6-1-2-7-16-13-11(9-15)8-10-4-3-5-12(10)17-13/h8H,1-7,14H2,(H,16,17). The first-order chi connectivity index (χ1) is 8.35. The minimum absolute atomic E-state index is 0.665. The molecule has 2 rings (SSSR count). The van der Waals surface area contributed by atoms with Crippen molar-refractivity contribution in [3.8, 4) is 6.07 Å². The molecule has 1 aliphatic rings. The van der Waals surface area contributed by atoms with Gasteiger partial charge in [0.25, 0.3) is 0 Å². The Bertz CT molecular complexity index is 434. The average Bonchev–Trinajstić information content (AvgIpc) is 2.80. The summed E-state index contributed by atoms with van der Waals surface area (Å²) in [7, 11) is 0. The molecule has 4 heteroatoms. The van der Waals surface area contributed by atoms with Crippen LogP contribution in [0, 0.1) is 11.3 Å². The molecule has 1 aliphatic carbocycles. The molecule has 4 nitrogen and oxygen atoms in total. The summed E-state index contributed by atoms with van der Waals surface area (Å²) in [5.74, 6) is 0.741. The highest BCUT2D eigenvalue weighted by Gasteiger charge is 2.15. The lowest BCUT2D eigenvalue weighted by Gasteiger charge is -2.09. The third-order valence-corrected chi connectivity index (χ3v) is 3.09. The number of rotatable bonds is 5. The van der Waals surface area contributed by atoms with Crippen LogP contribution in [0.25, 0.3) is 0 Å². The van der Waals surface area contributed by atoms with Crippen LogP contribution < -0.4 is 11.1 Å². The summed E-state index contributed by atoms with van der Waals surface area (Å²) in [4.78, 5) is 4.56. The molecule has 0 unspecified atom stereocenters. The lowest BCUT2D eigenvalue weighted by Crippen LogP contribution is -2.09. The third kappa shape index (κ3) is 2.75. The molecule has 17 heavy (non-hydrogen) atoms. The van der Waals surface area contributed by atoms with E-state index in [1.807, 2.05) is 6.07 Å². The number of nitriles is 1. The second kappa shape index (κ2) is 5.65. The van der Waals surface area contributed by atoms with E-state index in [-0.39, 0.29) is 0 Å². The highest BCUT2D eigenvalue weighted by Crippen LogP contribution is 2.24. The van der Waals surface area contributed by atoms with Gasteiger partial charge in [-0.3, -0.25) is 0 Å². The zero-order valence-corrected chi connectivity index (χ0v) is 10.00. The van der Waals surface area contributed by atoms with Gasteiger partial charge in [-0.2, -0.15) is 5.26 Å². The number of nitrogens with zero attached hydrogens (tertiary/aromatic N) is 2. The number of aryl methyl sites for hydroxylation is 2. The Labute approximate surface area is 102 Å². The molecule has 0 saturated heterocycles. The number of nitrogens with one attached hydrogen (secondary N) is 1. The van der Waals surface area contributed by atoms with Crippen molar-refractivity contribution in [3.05, 3.63) is 22.9 Å². The van der Waals surface area contributed by atoms with E-state index in [0.29, 0.717) is 12.1 Å². The number of pyridine rings is 1. The maximum atomic E-state index is 9.10. The number of unbranched alkanes of at least 4 members (excludes halogenated alkanes) is 1. The van der Waals surface area contributed by atoms with Crippen molar-refractivity contribution in [3.63, 3.8) is 0 Å². The van der Waals surface area contributed by atoms with Gasteiger partial charge in [-0.15, -0.1) is 0 Å². The maximum Gasteiger partial charge on any atom is 0.144 e. The zero-order chi connectivity index (χ0) is 12.1. The number of hydrogen-bond acceptors (Lipinski definition) is 4. The first-order valence-electron chi connectivity index (χ1n) is 6.22. The summed E-state index contributed by atoms with van der Waals surface area (Å²) < 4.78 is 0. The van der Waals surface area contributed by atoms with Crippen LogP contribution >= 0.6 is 0 Å². The molecular formula is C13H18N4. The van der Waals surface area contributed by atoms with Gasteiger partial charge in [0.1, 0.15) is 11.9 Å². The molecule has 0 amide bonds. The molecule has 0 saturated carbocycles. The molecular weight excluding hydrogens is 212 g/mol. The van der Waals surface area contributed by atoms with Crippen LogP contribution in [0.3, 0.4) is 0 Å². The highest BCUT2D eigenvalue weighted by molar-refractivity contribution is 5.54. The van der Waals surface area contributed by atoms with Gasteiger partial charge in [0.2, 0.25) is 0 Å². The molecule has 90 valence electrons. The fourth-order valence-corrected chi connectivity index (χ4v) is 2.17. The molecule has 3 N–H and O–H groups in total. The van der Waals surface area contributed by atoms with Gasteiger partial charge in [0, 0.05) is 12.2 Å². The Morgan fingerprint density at radius 3 is 3.06 bits per heavy atom. The largest absolute Gasteiger partial charge is 0.369 e. The van der Waals surface area contributed by atoms with Gasteiger partial charge in [-0.25, -0.2) is 4.98 Å². The van der Waals surface area contributed by atoms with Crippen molar-refractivity contribution >= 4 is 5.82 Å². The maximum absolute atomic E-state index is 9.10. The smallest absolute Gasteiger partial charge is 0.144 e. The van der Waals surface area contributed by atoms with Crippen LogP contribution in [0.1, 0.15) is 36.1 Å². The zero-order valence-electron chi connectivity index (χ0n) is 10.00. The first kappa shape index (κ1) is 11.9. The van der Waals surface area contributed by atoms with Gasteiger partial charge >= 0.3 is 0 Å². The second-order valence-electron chi connectivity index (χ2n) is 4.38. The van der Waals surface area contributed by atoms with Crippen LogP contribution in [0.4, 0.5) is 5.82 Å². The Balaban J connectivity index is 2.08. The molecule has 0 bridgehead atoms. The van der Waals surface area contributed by atoms with E-state index in [0.717, 1.165) is 50.2 Å². The van der Waals surface area contributed by atoms with E-state index < -0.39 is 0 Å². The number of anilines is 1. The van der Waals surface area contributed by atoms with Crippen molar-refractivity contribution in [2.45, 2.75) is 32.1 Å². The highest BCUT2D eigenvalue weighted by atomic mass is 15.0. The van der Waals surface area contributed by atoms with Gasteiger partial charge in [0.15, 0.2) is 0 Å². The summed E-state index contributed by atoms with van der Waals surface area (Å²) in [6, 6.07) is 4.20. The molecule has 0 spiro atoms. The molecule has 0 fully saturated rings. The average molecular weight is 230 g/mol. The lowest BCUT2D eigenvalue weighted by molar-refractivity contribution is 0.771. The topological polar surface area (TPSA) is 74.7 Å². The van der Waals surface area contributed by atoms with Crippen molar-refractivity contribution in [2.24, 2.45) is 5.73 Å². The molecule has 1 aromatic rings. The van der Waals surface area contributed by atoms with Crippen LogP contribution in [0.5, 0.6) is 0 Å². The van der Waals surface area contributed by atoms with Gasteiger partial charge < -0.3 is 11.1 Å². The molecule has 0 aromatic carbocycles. The van der Waals surface area contributed by atoms with E-state index >= 15 is 0 Å². The summed E-state index contributed by atoms with van der Waals surface area (Å²) >= 11 is 0. The first-order valence-corrected chi connectivity index (χ1v) is 6.22. The van der Waals surface area contributed by atoms with E-state index in [4.69, 9.17) is 11.0 Å². The number of hydrogen-bond donors (Lipinski definition) is 2. The summed E-state index contributed by atoms with van der Waals surface area (Å²) in [6.45, 7) is 1.54. The monoisotopic (exact) mass is 230 g/mol. The molecule has 0 radical (unpaired) electrons. The predicted octanol–water partition coefficient (Wildman–Crippen LogP) is 1.59. The summed E-state index contributed by atoms with van der Waals surface area (Å²) in [5.41, 5.74) is 8.51. The fraction of sp³-hybridized carbons (Fsp3) is 0.538. The SMILES string of the molecule is N#Cc1cc2c(nc1NCCCCN)CCC2. The molecule has 0 atom stereocenters. The normalized spacial score (nSPS) is 13.2. The lowest BCUT2D eigenvalue weighted by atomic mass is 10.1. The minimum atomic E-state index is 0.665. The van der Waals surface area contributed by atoms with Crippen LogP contribution in [-0.2, 0) is 12.8 Å². The van der Waals surface area contributed by atoms with Crippen molar-refractivity contribution in [2.75, 3.05) is 18.4 Å². The second-order valence-corrected chi connectivity index (χ2v) is 4.38. The fourth-order valence-electron chi connectivity index (χ4n) is 2.17. The van der Waals surface area contributed by atoms with Gasteiger partial charge in [0.05, 0.1) is 5.56 Å². The molecule has 0 aliphatic heterocycles. The number of fused-ring (bicyclic) bond motifs is 1. The van der Waals surface area contributed by atoms with Crippen molar-refractivity contribution in [1.82, 2.24) is 4.98 Å². The Hall–Kier alpha value is -1.60. The molecule has 1 aromatic heterocycles. The summed E-state index contributed by atoms with van der Waals surface area (Å²) in [5, 5.41) is 12.3. The third-order valence-electron chi connectivity index (χ3n) is 3.09. The molecule has 1 heterocycles. The van der Waals surface area contributed by atoms with E-state index in [2.05, 4.69) is 16.4 Å². The summed E-state index contributed by atoms with van der Waals surface area (Å²) in [6.07, 6.45) is 5.27. The Morgan fingerprint density at radius 1 is 1.41 bits per heavy atom. The Kier molecular flexibility index (Phi) is 3.94. The predicted molar refractivity (Wildman–Crippen MR) is 67.8 cm³/mol. The van der Waals surface area contributed by atoms with Gasteiger partial charge in [-0.05, 0) is 50.3 Å². The number of nitrogens with two attached hydrogens (primary N) is 1. The Morgan fingerprint density at radius 2 is 2.29 bits per heavy atom. The number of aromatic nitrogens is 1. The van der Waals surface area contributed by atoms with Crippen LogP contribution in [0.2, 0.25) is 0 Å². The minimum Gasteiger partial charge on any atom is -0.369 e.